The third kappa shape index (κ3) is 3.97. The molecule has 0 saturated heterocycles. The van der Waals surface area contributed by atoms with Crippen molar-refractivity contribution in [3.8, 4) is 5.75 Å². The highest BCUT2D eigenvalue weighted by atomic mass is 16.5. The second-order valence-corrected chi connectivity index (χ2v) is 7.62. The summed E-state index contributed by atoms with van der Waals surface area (Å²) in [4.78, 5) is 12.6. The monoisotopic (exact) mass is 314 g/mol. The van der Waals surface area contributed by atoms with Gasteiger partial charge in [0.25, 0.3) is 0 Å². The molecule has 4 atom stereocenters. The lowest BCUT2D eigenvalue weighted by Crippen LogP contribution is -2.33. The van der Waals surface area contributed by atoms with Gasteiger partial charge in [-0.15, -0.1) is 0 Å². The van der Waals surface area contributed by atoms with Crippen LogP contribution < -0.4 is 4.74 Å². The maximum Gasteiger partial charge on any atom is 0.314 e. The van der Waals surface area contributed by atoms with Crippen LogP contribution in [0.25, 0.3) is 0 Å². The standard InChI is InChI=1S/C21H30O2/c1-3-15(2)17-9-6-10-20(14-17)23-21(22)19-12-11-16-7-4-5-8-18(16)13-19/h6,9-10,14-16,18-19H,3-5,7-8,11-13H2,1-2H3. The Morgan fingerprint density at radius 1 is 1.17 bits per heavy atom. The number of benzene rings is 1. The molecule has 0 N–H and O–H groups in total. The van der Waals surface area contributed by atoms with E-state index in [9.17, 15) is 4.79 Å². The second-order valence-electron chi connectivity index (χ2n) is 7.62. The quantitative estimate of drug-likeness (QED) is 0.525. The molecule has 1 aromatic rings. The van der Waals surface area contributed by atoms with Crippen molar-refractivity contribution in [2.75, 3.05) is 0 Å². The van der Waals surface area contributed by atoms with Gasteiger partial charge in [0.1, 0.15) is 5.75 Å². The molecule has 2 aliphatic rings. The first kappa shape index (κ1) is 16.5. The fourth-order valence-corrected chi connectivity index (χ4v) is 4.41. The third-order valence-corrected chi connectivity index (χ3v) is 6.13. The van der Waals surface area contributed by atoms with Crippen LogP contribution in [-0.4, -0.2) is 5.97 Å². The molecular formula is C21H30O2. The predicted octanol–water partition coefficient (Wildman–Crippen LogP) is 5.71. The molecule has 23 heavy (non-hydrogen) atoms. The minimum Gasteiger partial charge on any atom is -0.426 e. The molecule has 0 radical (unpaired) electrons. The van der Waals surface area contributed by atoms with Gasteiger partial charge in [-0.05, 0) is 61.1 Å². The summed E-state index contributed by atoms with van der Waals surface area (Å²) in [7, 11) is 0. The van der Waals surface area contributed by atoms with Gasteiger partial charge in [-0.25, -0.2) is 0 Å². The van der Waals surface area contributed by atoms with Gasteiger partial charge in [-0.1, -0.05) is 51.7 Å². The Balaban J connectivity index is 1.61. The maximum atomic E-state index is 12.6. The molecule has 126 valence electrons. The van der Waals surface area contributed by atoms with E-state index in [1.54, 1.807) is 0 Å². The molecule has 0 bridgehead atoms. The van der Waals surface area contributed by atoms with Crippen LogP contribution in [0.5, 0.6) is 5.75 Å². The van der Waals surface area contributed by atoms with E-state index in [-0.39, 0.29) is 11.9 Å². The second kappa shape index (κ2) is 7.51. The molecule has 2 heteroatoms. The summed E-state index contributed by atoms with van der Waals surface area (Å²) in [6.07, 6.45) is 9.82. The molecule has 0 heterocycles. The zero-order valence-corrected chi connectivity index (χ0v) is 14.6. The molecule has 2 nitrogen and oxygen atoms in total. The zero-order chi connectivity index (χ0) is 16.2. The number of hydrogen-bond donors (Lipinski definition) is 0. The fourth-order valence-electron chi connectivity index (χ4n) is 4.41. The first-order chi connectivity index (χ1) is 11.2. The minimum atomic E-state index is -0.00433. The van der Waals surface area contributed by atoms with Crippen LogP contribution >= 0.6 is 0 Å². The predicted molar refractivity (Wildman–Crippen MR) is 93.6 cm³/mol. The highest BCUT2D eigenvalue weighted by molar-refractivity contribution is 5.75. The molecule has 2 fully saturated rings. The summed E-state index contributed by atoms with van der Waals surface area (Å²) in [5.74, 6) is 2.98. The molecule has 0 aliphatic heterocycles. The third-order valence-electron chi connectivity index (χ3n) is 6.13. The molecule has 0 spiro atoms. The van der Waals surface area contributed by atoms with Crippen LogP contribution in [0.4, 0.5) is 0 Å². The highest BCUT2D eigenvalue weighted by Gasteiger charge is 2.35. The average molecular weight is 314 g/mol. The molecule has 3 rings (SSSR count). The van der Waals surface area contributed by atoms with E-state index in [1.807, 2.05) is 18.2 Å². The Morgan fingerprint density at radius 3 is 2.74 bits per heavy atom. The fraction of sp³-hybridized carbons (Fsp3) is 0.667. The van der Waals surface area contributed by atoms with Crippen molar-refractivity contribution in [2.45, 2.75) is 71.1 Å². The Kier molecular flexibility index (Phi) is 5.40. The molecule has 1 aromatic carbocycles. The Labute approximate surface area is 140 Å². The zero-order valence-electron chi connectivity index (χ0n) is 14.6. The van der Waals surface area contributed by atoms with Gasteiger partial charge in [-0.3, -0.25) is 4.79 Å². The normalized spacial score (nSPS) is 28.7. The van der Waals surface area contributed by atoms with Crippen LogP contribution in [0.1, 0.15) is 76.7 Å². The molecular weight excluding hydrogens is 284 g/mol. The number of fused-ring (bicyclic) bond motifs is 1. The van der Waals surface area contributed by atoms with Gasteiger partial charge in [0.15, 0.2) is 0 Å². The van der Waals surface area contributed by atoms with E-state index in [0.717, 1.165) is 36.8 Å². The molecule has 0 amide bonds. The topological polar surface area (TPSA) is 26.3 Å². The summed E-state index contributed by atoms with van der Waals surface area (Å²) in [5, 5.41) is 0. The minimum absolute atomic E-state index is 0.00433. The first-order valence-corrected chi connectivity index (χ1v) is 9.49. The lowest BCUT2D eigenvalue weighted by atomic mass is 9.67. The highest BCUT2D eigenvalue weighted by Crippen LogP contribution is 2.43. The number of ether oxygens (including phenoxy) is 1. The number of rotatable bonds is 4. The van der Waals surface area contributed by atoms with Gasteiger partial charge in [0.2, 0.25) is 0 Å². The summed E-state index contributed by atoms with van der Waals surface area (Å²) >= 11 is 0. The van der Waals surface area contributed by atoms with Crippen molar-refractivity contribution in [2.24, 2.45) is 17.8 Å². The van der Waals surface area contributed by atoms with Crippen LogP contribution in [0.3, 0.4) is 0 Å². The van der Waals surface area contributed by atoms with Crippen molar-refractivity contribution in [1.82, 2.24) is 0 Å². The smallest absolute Gasteiger partial charge is 0.314 e. The average Bonchev–Trinajstić information content (AvgIpc) is 2.60. The number of hydrogen-bond acceptors (Lipinski definition) is 2. The van der Waals surface area contributed by atoms with Gasteiger partial charge in [0.05, 0.1) is 5.92 Å². The molecule has 2 aliphatic carbocycles. The van der Waals surface area contributed by atoms with E-state index in [2.05, 4.69) is 19.9 Å². The van der Waals surface area contributed by atoms with Gasteiger partial charge >= 0.3 is 5.97 Å². The number of carbonyl (C=O) groups is 1. The van der Waals surface area contributed by atoms with Crippen LogP contribution in [0.2, 0.25) is 0 Å². The van der Waals surface area contributed by atoms with E-state index in [0.29, 0.717) is 5.92 Å². The van der Waals surface area contributed by atoms with Crippen LogP contribution in [0.15, 0.2) is 24.3 Å². The number of esters is 1. The lowest BCUT2D eigenvalue weighted by molar-refractivity contribution is -0.141. The van der Waals surface area contributed by atoms with Crippen LogP contribution in [-0.2, 0) is 4.79 Å². The van der Waals surface area contributed by atoms with E-state index in [1.165, 1.54) is 37.7 Å². The van der Waals surface area contributed by atoms with E-state index < -0.39 is 0 Å². The van der Waals surface area contributed by atoms with Crippen LogP contribution in [0, 0.1) is 17.8 Å². The Hall–Kier alpha value is -1.31. The summed E-state index contributed by atoms with van der Waals surface area (Å²) in [5.41, 5.74) is 1.26. The van der Waals surface area contributed by atoms with Gasteiger partial charge < -0.3 is 4.74 Å². The van der Waals surface area contributed by atoms with E-state index in [4.69, 9.17) is 4.74 Å². The largest absolute Gasteiger partial charge is 0.426 e. The molecule has 0 aromatic heterocycles. The van der Waals surface area contributed by atoms with Crippen molar-refractivity contribution in [3.05, 3.63) is 29.8 Å². The molecule has 2 saturated carbocycles. The summed E-state index contributed by atoms with van der Waals surface area (Å²) in [6.45, 7) is 4.40. The van der Waals surface area contributed by atoms with Gasteiger partial charge in [0, 0.05) is 0 Å². The first-order valence-electron chi connectivity index (χ1n) is 9.49. The maximum absolute atomic E-state index is 12.6. The van der Waals surface area contributed by atoms with Crippen molar-refractivity contribution in [1.29, 1.82) is 0 Å². The van der Waals surface area contributed by atoms with E-state index >= 15 is 0 Å². The summed E-state index contributed by atoms with van der Waals surface area (Å²) in [6, 6.07) is 8.08. The van der Waals surface area contributed by atoms with Gasteiger partial charge in [-0.2, -0.15) is 0 Å². The lowest BCUT2D eigenvalue weighted by Gasteiger charge is -2.38. The SMILES string of the molecule is CCC(C)c1cccc(OC(=O)C2CCC3CCCCC3C2)c1. The Bertz CT molecular complexity index is 536. The van der Waals surface area contributed by atoms with Crippen molar-refractivity contribution < 1.29 is 9.53 Å². The number of carbonyl (C=O) groups excluding carboxylic acids is 1. The van der Waals surface area contributed by atoms with Crippen molar-refractivity contribution in [3.63, 3.8) is 0 Å². The summed E-state index contributed by atoms with van der Waals surface area (Å²) < 4.78 is 5.73. The van der Waals surface area contributed by atoms with Crippen molar-refractivity contribution >= 4 is 5.97 Å². The Morgan fingerprint density at radius 2 is 1.96 bits per heavy atom. The molecule has 4 unspecified atom stereocenters.